The number of rotatable bonds is 3. The number of carbonyl (C=O) groups excluding carboxylic acids is 1. The molecule has 0 aliphatic carbocycles. The molecule has 2 aromatic carbocycles. The fourth-order valence-corrected chi connectivity index (χ4v) is 2.72. The van der Waals surface area contributed by atoms with Gasteiger partial charge >= 0.3 is 0 Å². The zero-order chi connectivity index (χ0) is 14.8. The number of hydrogen-bond donors (Lipinski definition) is 2. The first kappa shape index (κ1) is 13.5. The Morgan fingerprint density at radius 3 is 2.76 bits per heavy atom. The second-order valence-electron chi connectivity index (χ2n) is 5.19. The Bertz CT molecular complexity index is 669. The molecule has 1 heterocycles. The molecule has 1 aliphatic rings. The first-order valence-corrected chi connectivity index (χ1v) is 7.16. The molecule has 3 rings (SSSR count). The van der Waals surface area contributed by atoms with Gasteiger partial charge in [-0.15, -0.1) is 0 Å². The number of carbonyl (C=O) groups is 1. The highest BCUT2D eigenvalue weighted by Gasteiger charge is 2.32. The second-order valence-corrected chi connectivity index (χ2v) is 5.19. The SMILES string of the molecule is CCCN1C(=O)c2ccccc2N[C@@H]1c1cccc(O)c1. The van der Waals surface area contributed by atoms with Gasteiger partial charge in [0.1, 0.15) is 11.9 Å². The van der Waals surface area contributed by atoms with E-state index in [1.165, 1.54) is 0 Å². The van der Waals surface area contributed by atoms with Gasteiger partial charge in [0.2, 0.25) is 0 Å². The van der Waals surface area contributed by atoms with Gasteiger partial charge in [-0.2, -0.15) is 0 Å². The van der Waals surface area contributed by atoms with E-state index < -0.39 is 0 Å². The topological polar surface area (TPSA) is 52.6 Å². The average Bonchev–Trinajstić information content (AvgIpc) is 2.50. The lowest BCUT2D eigenvalue weighted by Gasteiger charge is -2.38. The molecule has 0 saturated heterocycles. The monoisotopic (exact) mass is 282 g/mol. The van der Waals surface area contributed by atoms with Gasteiger partial charge in [-0.1, -0.05) is 31.2 Å². The van der Waals surface area contributed by atoms with Crippen molar-refractivity contribution < 1.29 is 9.90 Å². The van der Waals surface area contributed by atoms with Crippen LogP contribution in [0.3, 0.4) is 0 Å². The van der Waals surface area contributed by atoms with Crippen molar-refractivity contribution in [3.8, 4) is 5.75 Å². The molecule has 21 heavy (non-hydrogen) atoms. The average molecular weight is 282 g/mol. The van der Waals surface area contributed by atoms with Crippen molar-refractivity contribution in [3.63, 3.8) is 0 Å². The van der Waals surface area contributed by atoms with Gasteiger partial charge in [0.05, 0.1) is 5.56 Å². The molecule has 0 spiro atoms. The van der Waals surface area contributed by atoms with E-state index in [0.29, 0.717) is 12.1 Å². The molecule has 0 saturated carbocycles. The van der Waals surface area contributed by atoms with Gasteiger partial charge in [-0.3, -0.25) is 4.79 Å². The number of nitrogens with one attached hydrogen (secondary N) is 1. The molecule has 1 atom stereocenters. The molecule has 0 aromatic heterocycles. The molecular weight excluding hydrogens is 264 g/mol. The van der Waals surface area contributed by atoms with Crippen molar-refractivity contribution in [2.75, 3.05) is 11.9 Å². The van der Waals surface area contributed by atoms with Crippen molar-refractivity contribution in [1.82, 2.24) is 4.90 Å². The summed E-state index contributed by atoms with van der Waals surface area (Å²) >= 11 is 0. The summed E-state index contributed by atoms with van der Waals surface area (Å²) in [4.78, 5) is 14.5. The molecule has 108 valence electrons. The lowest BCUT2D eigenvalue weighted by Crippen LogP contribution is -2.43. The van der Waals surface area contributed by atoms with E-state index in [2.05, 4.69) is 5.32 Å². The number of aromatic hydroxyl groups is 1. The Balaban J connectivity index is 2.04. The van der Waals surface area contributed by atoms with Crippen LogP contribution >= 0.6 is 0 Å². The fraction of sp³-hybridized carbons (Fsp3) is 0.235. The molecule has 4 nitrogen and oxygen atoms in total. The van der Waals surface area contributed by atoms with Crippen molar-refractivity contribution in [2.45, 2.75) is 19.5 Å². The van der Waals surface area contributed by atoms with Crippen molar-refractivity contribution in [2.24, 2.45) is 0 Å². The number of benzene rings is 2. The third kappa shape index (κ3) is 2.44. The van der Waals surface area contributed by atoms with Crippen LogP contribution < -0.4 is 5.32 Å². The first-order chi connectivity index (χ1) is 10.2. The zero-order valence-corrected chi connectivity index (χ0v) is 11.9. The minimum absolute atomic E-state index is 0.0274. The smallest absolute Gasteiger partial charge is 0.257 e. The lowest BCUT2D eigenvalue weighted by molar-refractivity contribution is 0.0683. The Morgan fingerprint density at radius 1 is 1.19 bits per heavy atom. The van der Waals surface area contributed by atoms with E-state index in [4.69, 9.17) is 0 Å². The molecule has 1 aliphatic heterocycles. The lowest BCUT2D eigenvalue weighted by atomic mass is 10.0. The quantitative estimate of drug-likeness (QED) is 0.907. The fourth-order valence-electron chi connectivity index (χ4n) is 2.72. The third-order valence-electron chi connectivity index (χ3n) is 3.67. The van der Waals surface area contributed by atoms with E-state index in [0.717, 1.165) is 17.7 Å². The second kappa shape index (κ2) is 5.48. The van der Waals surface area contributed by atoms with E-state index >= 15 is 0 Å². The highest BCUT2D eigenvalue weighted by molar-refractivity contribution is 6.01. The number of fused-ring (bicyclic) bond motifs is 1. The molecule has 0 bridgehead atoms. The van der Waals surface area contributed by atoms with E-state index in [1.54, 1.807) is 18.2 Å². The summed E-state index contributed by atoms with van der Waals surface area (Å²) in [5.74, 6) is 0.233. The molecule has 2 aromatic rings. The highest BCUT2D eigenvalue weighted by atomic mass is 16.3. The normalized spacial score (nSPS) is 17.3. The van der Waals surface area contributed by atoms with E-state index in [-0.39, 0.29) is 17.8 Å². The predicted octanol–water partition coefficient (Wildman–Crippen LogP) is 3.37. The van der Waals surface area contributed by atoms with Crippen LogP contribution in [0.1, 0.15) is 35.4 Å². The summed E-state index contributed by atoms with van der Waals surface area (Å²) in [5, 5.41) is 13.1. The van der Waals surface area contributed by atoms with Crippen LogP contribution in [0.25, 0.3) is 0 Å². The van der Waals surface area contributed by atoms with Crippen molar-refractivity contribution >= 4 is 11.6 Å². The molecular formula is C17H18N2O2. The number of phenolic OH excluding ortho intramolecular Hbond substituents is 1. The highest BCUT2D eigenvalue weighted by Crippen LogP contribution is 2.33. The minimum Gasteiger partial charge on any atom is -0.508 e. The summed E-state index contributed by atoms with van der Waals surface area (Å²) in [5.41, 5.74) is 2.41. The summed E-state index contributed by atoms with van der Waals surface area (Å²) in [6.45, 7) is 2.72. The molecule has 4 heteroatoms. The van der Waals surface area contributed by atoms with Crippen LogP contribution in [-0.4, -0.2) is 22.5 Å². The molecule has 0 unspecified atom stereocenters. The van der Waals surface area contributed by atoms with Gasteiger partial charge in [0, 0.05) is 12.2 Å². The minimum atomic E-state index is -0.251. The van der Waals surface area contributed by atoms with Gasteiger partial charge in [0.15, 0.2) is 0 Å². The van der Waals surface area contributed by atoms with Gasteiger partial charge in [0.25, 0.3) is 5.91 Å². The van der Waals surface area contributed by atoms with Crippen molar-refractivity contribution in [3.05, 3.63) is 59.7 Å². The van der Waals surface area contributed by atoms with Crippen LogP contribution in [-0.2, 0) is 0 Å². The summed E-state index contributed by atoms with van der Waals surface area (Å²) in [6.07, 6.45) is 0.629. The van der Waals surface area contributed by atoms with E-state index in [9.17, 15) is 9.90 Å². The summed E-state index contributed by atoms with van der Waals surface area (Å²) in [7, 11) is 0. The molecule has 1 amide bonds. The van der Waals surface area contributed by atoms with Crippen LogP contribution in [0.2, 0.25) is 0 Å². The zero-order valence-electron chi connectivity index (χ0n) is 11.9. The van der Waals surface area contributed by atoms with Gasteiger partial charge in [-0.25, -0.2) is 0 Å². The van der Waals surface area contributed by atoms with E-state index in [1.807, 2.05) is 42.2 Å². The van der Waals surface area contributed by atoms with Gasteiger partial charge < -0.3 is 15.3 Å². The maximum absolute atomic E-state index is 12.7. The number of amides is 1. The maximum Gasteiger partial charge on any atom is 0.257 e. The standard InChI is InChI=1S/C17H18N2O2/c1-2-10-19-16(12-6-5-7-13(20)11-12)18-15-9-4-3-8-14(15)17(19)21/h3-9,11,16,18,20H,2,10H2,1H3/t16-/m0/s1. The molecule has 2 N–H and O–H groups in total. The number of phenols is 1. The summed E-state index contributed by atoms with van der Waals surface area (Å²) in [6, 6.07) is 14.6. The first-order valence-electron chi connectivity index (χ1n) is 7.16. The number of anilines is 1. The van der Waals surface area contributed by atoms with Crippen LogP contribution in [0.15, 0.2) is 48.5 Å². The third-order valence-corrected chi connectivity index (χ3v) is 3.67. The Kier molecular flexibility index (Phi) is 3.52. The van der Waals surface area contributed by atoms with Crippen LogP contribution in [0, 0.1) is 0 Å². The maximum atomic E-state index is 12.7. The predicted molar refractivity (Wildman–Crippen MR) is 82.2 cm³/mol. The van der Waals surface area contributed by atoms with Crippen LogP contribution in [0.5, 0.6) is 5.75 Å². The Hall–Kier alpha value is -2.49. The van der Waals surface area contributed by atoms with Gasteiger partial charge in [-0.05, 0) is 36.2 Å². The number of hydrogen-bond acceptors (Lipinski definition) is 3. The molecule has 0 radical (unpaired) electrons. The summed E-state index contributed by atoms with van der Waals surface area (Å²) < 4.78 is 0. The van der Waals surface area contributed by atoms with Crippen LogP contribution in [0.4, 0.5) is 5.69 Å². The Labute approximate surface area is 124 Å². The largest absolute Gasteiger partial charge is 0.508 e. The molecule has 0 fully saturated rings. The Morgan fingerprint density at radius 2 is 2.00 bits per heavy atom. The number of para-hydroxylation sites is 1. The number of nitrogens with zero attached hydrogens (tertiary/aromatic N) is 1. The van der Waals surface area contributed by atoms with Crippen molar-refractivity contribution in [1.29, 1.82) is 0 Å².